The quantitative estimate of drug-likeness (QED) is 0.289. The van der Waals surface area contributed by atoms with Crippen molar-refractivity contribution in [3.8, 4) is 0 Å². The third-order valence-corrected chi connectivity index (χ3v) is 12.2. The summed E-state index contributed by atoms with van der Waals surface area (Å²) in [5.74, 6) is -1.17. The number of nitrogens with zero attached hydrogens (tertiary/aromatic N) is 6. The van der Waals surface area contributed by atoms with Gasteiger partial charge in [-0.25, -0.2) is 9.97 Å². The van der Waals surface area contributed by atoms with E-state index in [-0.39, 0.29) is 41.3 Å². The van der Waals surface area contributed by atoms with Crippen LogP contribution in [0.5, 0.6) is 0 Å². The van der Waals surface area contributed by atoms with Gasteiger partial charge in [0.2, 0.25) is 17.7 Å². The summed E-state index contributed by atoms with van der Waals surface area (Å²) in [5, 5.41) is 6.13. The lowest BCUT2D eigenvalue weighted by Gasteiger charge is -2.46. The summed E-state index contributed by atoms with van der Waals surface area (Å²) in [6, 6.07) is 12.4. The van der Waals surface area contributed by atoms with Crippen LogP contribution in [0.2, 0.25) is 0 Å². The number of carbonyl (C=O) groups excluding carboxylic acids is 5. The number of piperidine rings is 2. The van der Waals surface area contributed by atoms with Crippen LogP contribution in [0.4, 0.5) is 17.2 Å². The van der Waals surface area contributed by atoms with Crippen LogP contribution in [0.3, 0.4) is 0 Å². The first-order valence-corrected chi connectivity index (χ1v) is 19.1. The second-order valence-electron chi connectivity index (χ2n) is 15.0. The van der Waals surface area contributed by atoms with Crippen LogP contribution in [-0.2, 0) is 14.4 Å². The normalized spacial score (nSPS) is 24.5. The molecule has 8 rings (SSSR count). The van der Waals surface area contributed by atoms with Crippen molar-refractivity contribution >= 4 is 58.5 Å². The fourth-order valence-corrected chi connectivity index (χ4v) is 8.66. The monoisotopic (exact) mass is 737 g/mol. The molecule has 3 saturated heterocycles. The highest BCUT2D eigenvalue weighted by Crippen LogP contribution is 2.36. The summed E-state index contributed by atoms with van der Waals surface area (Å²) in [6.07, 6.45) is 7.27. The van der Waals surface area contributed by atoms with E-state index in [4.69, 9.17) is 5.73 Å². The number of carbonyl (C=O) groups is 5. The first-order chi connectivity index (χ1) is 25.5. The van der Waals surface area contributed by atoms with Crippen LogP contribution < -0.4 is 26.2 Å². The minimum atomic E-state index is -0.983. The number of nitrogens with one attached hydrogen (secondary N) is 2. The van der Waals surface area contributed by atoms with Crippen molar-refractivity contribution in [2.24, 2.45) is 11.7 Å². The molecule has 1 aromatic heterocycles. The van der Waals surface area contributed by atoms with Crippen molar-refractivity contribution in [2.75, 3.05) is 54.4 Å². The zero-order chi connectivity index (χ0) is 36.9. The molecular formula is C38H43N9O5S. The molecule has 4 fully saturated rings. The van der Waals surface area contributed by atoms with Gasteiger partial charge in [-0.2, -0.15) is 0 Å². The van der Waals surface area contributed by atoms with Gasteiger partial charge in [0.1, 0.15) is 16.9 Å². The Bertz CT molecular complexity index is 1950. The molecule has 4 N–H and O–H groups in total. The number of hydrogen-bond donors (Lipinski definition) is 3. The smallest absolute Gasteiger partial charge is 0.262 e. The third kappa shape index (κ3) is 7.25. The van der Waals surface area contributed by atoms with Crippen LogP contribution >= 0.6 is 11.8 Å². The van der Waals surface area contributed by atoms with Gasteiger partial charge >= 0.3 is 0 Å². The van der Waals surface area contributed by atoms with Crippen LogP contribution in [0.15, 0.2) is 64.8 Å². The molecular weight excluding hydrogens is 695 g/mol. The van der Waals surface area contributed by atoms with Crippen molar-refractivity contribution < 1.29 is 24.0 Å². The van der Waals surface area contributed by atoms with Crippen LogP contribution in [0.25, 0.3) is 0 Å². The van der Waals surface area contributed by atoms with E-state index in [0.717, 1.165) is 97.0 Å². The molecule has 0 radical (unpaired) electrons. The van der Waals surface area contributed by atoms with Gasteiger partial charge in [-0.05, 0) is 75.4 Å². The summed E-state index contributed by atoms with van der Waals surface area (Å²) >= 11 is 1.51. The van der Waals surface area contributed by atoms with Crippen molar-refractivity contribution in [2.45, 2.75) is 73.0 Å². The maximum Gasteiger partial charge on any atom is 0.262 e. The number of rotatable bonds is 8. The average molecular weight is 738 g/mol. The van der Waals surface area contributed by atoms with E-state index in [2.05, 4.69) is 42.2 Å². The highest BCUT2D eigenvalue weighted by atomic mass is 32.2. The fourth-order valence-electron chi connectivity index (χ4n) is 7.88. The number of aromatic nitrogens is 2. The number of nitrogens with two attached hydrogens (primary N) is 1. The van der Waals surface area contributed by atoms with Crippen molar-refractivity contribution in [1.82, 2.24) is 25.1 Å². The molecule has 53 heavy (non-hydrogen) atoms. The van der Waals surface area contributed by atoms with Gasteiger partial charge in [0.05, 0.1) is 23.5 Å². The van der Waals surface area contributed by atoms with Crippen LogP contribution in [-0.4, -0.2) is 106 Å². The molecule has 0 spiro atoms. The van der Waals surface area contributed by atoms with E-state index in [9.17, 15) is 24.0 Å². The SMILES string of the molecule is CC1(N)CCN(c2cnc(Sc3cccc(NC(=O)C4CC(N5CCN(c6ccc7c(c6)C(=O)N(C6CCC(=O)NC6=O)C7=O)CC5)C4)c3)cn2)CC1. The summed E-state index contributed by atoms with van der Waals surface area (Å²) in [5.41, 5.74) is 8.33. The highest BCUT2D eigenvalue weighted by Gasteiger charge is 2.45. The van der Waals surface area contributed by atoms with Gasteiger partial charge in [-0.1, -0.05) is 17.8 Å². The molecule has 0 bridgehead atoms. The van der Waals surface area contributed by atoms with Gasteiger partial charge in [-0.15, -0.1) is 0 Å². The number of piperazine rings is 1. The number of hydrogen-bond acceptors (Lipinski definition) is 12. The second-order valence-corrected chi connectivity index (χ2v) is 16.1. The van der Waals surface area contributed by atoms with E-state index in [0.29, 0.717) is 6.04 Å². The largest absolute Gasteiger partial charge is 0.369 e. The van der Waals surface area contributed by atoms with Crippen LogP contribution in [0.1, 0.15) is 66.2 Å². The first kappa shape index (κ1) is 35.2. The number of anilines is 3. The van der Waals surface area contributed by atoms with Gasteiger partial charge in [0.15, 0.2) is 0 Å². The molecule has 1 saturated carbocycles. The lowest BCUT2D eigenvalue weighted by atomic mass is 9.78. The highest BCUT2D eigenvalue weighted by molar-refractivity contribution is 7.99. The predicted molar refractivity (Wildman–Crippen MR) is 199 cm³/mol. The topological polar surface area (TPSA) is 174 Å². The van der Waals surface area contributed by atoms with Crippen molar-refractivity contribution in [3.05, 3.63) is 66.0 Å². The standard InChI is InChI=1S/C38H43N9O5S/c1-38(39)9-11-46(12-10-38)31-21-41-33(22-40-31)53-27-4-2-3-24(19-27)42-34(49)23-17-26(18-23)45-15-13-44(14-16-45)25-5-6-28-29(20-25)37(52)47(36(28)51)30-7-8-32(48)43-35(30)50/h2-6,19-23,26,30H,7-18,39H2,1H3,(H,42,49)(H,43,48,50). The van der Waals surface area contributed by atoms with E-state index in [1.165, 1.54) is 11.8 Å². The summed E-state index contributed by atoms with van der Waals surface area (Å²) in [6.45, 7) is 6.97. The number of benzene rings is 2. The fraction of sp³-hybridized carbons (Fsp3) is 0.447. The number of imide groups is 2. The van der Waals surface area contributed by atoms with E-state index in [1.54, 1.807) is 18.3 Å². The summed E-state index contributed by atoms with van der Waals surface area (Å²) in [4.78, 5) is 81.6. The Balaban J connectivity index is 0.797. The molecule has 15 heteroatoms. The van der Waals surface area contributed by atoms with Gasteiger partial charge in [-0.3, -0.25) is 39.1 Å². The lowest BCUT2D eigenvalue weighted by Crippen LogP contribution is -2.55. The van der Waals surface area contributed by atoms with Gasteiger partial charge < -0.3 is 20.9 Å². The van der Waals surface area contributed by atoms with Gasteiger partial charge in [0.25, 0.3) is 11.8 Å². The Morgan fingerprint density at radius 2 is 1.66 bits per heavy atom. The van der Waals surface area contributed by atoms with Crippen molar-refractivity contribution in [3.63, 3.8) is 0 Å². The molecule has 14 nitrogen and oxygen atoms in total. The van der Waals surface area contributed by atoms with E-state index >= 15 is 0 Å². The molecule has 2 aromatic carbocycles. The molecule has 5 aliphatic rings. The summed E-state index contributed by atoms with van der Waals surface area (Å²) < 4.78 is 0. The number of fused-ring (bicyclic) bond motifs is 1. The molecule has 5 amide bonds. The van der Waals surface area contributed by atoms with Crippen molar-refractivity contribution in [1.29, 1.82) is 0 Å². The van der Waals surface area contributed by atoms with Gasteiger partial charge in [0, 0.05) is 79.5 Å². The van der Waals surface area contributed by atoms with E-state index < -0.39 is 29.7 Å². The maximum atomic E-state index is 13.3. The molecule has 1 aliphatic carbocycles. The average Bonchev–Trinajstić information content (AvgIpc) is 3.36. The van der Waals surface area contributed by atoms with E-state index in [1.807, 2.05) is 36.5 Å². The summed E-state index contributed by atoms with van der Waals surface area (Å²) in [7, 11) is 0. The first-order valence-electron chi connectivity index (χ1n) is 18.3. The molecule has 3 aromatic rings. The zero-order valence-electron chi connectivity index (χ0n) is 29.6. The molecule has 4 aliphatic heterocycles. The Morgan fingerprint density at radius 1 is 0.906 bits per heavy atom. The third-order valence-electron chi connectivity index (χ3n) is 11.3. The maximum absolute atomic E-state index is 13.3. The Labute approximate surface area is 311 Å². The second kappa shape index (κ2) is 14.2. The predicted octanol–water partition coefficient (Wildman–Crippen LogP) is 2.89. The Hall–Kier alpha value is -4.86. The molecule has 5 heterocycles. The molecule has 1 unspecified atom stereocenters. The molecule has 276 valence electrons. The zero-order valence-corrected chi connectivity index (χ0v) is 30.4. The minimum Gasteiger partial charge on any atom is -0.369 e. The Morgan fingerprint density at radius 3 is 2.38 bits per heavy atom. The molecule has 1 atom stereocenters. The number of amides is 5. The lowest BCUT2D eigenvalue weighted by molar-refractivity contribution is -0.136. The minimum absolute atomic E-state index is 0.0324. The van der Waals surface area contributed by atoms with Crippen LogP contribution in [0, 0.1) is 5.92 Å². The Kier molecular flexibility index (Phi) is 9.41.